The topological polar surface area (TPSA) is 53.9 Å². The number of H-pyrrole nitrogens is 1. The van der Waals surface area contributed by atoms with Crippen molar-refractivity contribution >= 4 is 10.9 Å². The van der Waals surface area contributed by atoms with Gasteiger partial charge in [-0.25, -0.2) is 0 Å². The molecule has 5 heteroatoms. The van der Waals surface area contributed by atoms with Crippen LogP contribution < -0.4 is 5.56 Å². The maximum atomic E-state index is 12.4. The minimum absolute atomic E-state index is 0.0160. The molecule has 1 N–H and O–H groups in total. The molecule has 1 aliphatic heterocycles. The van der Waals surface area contributed by atoms with Crippen LogP contribution in [0.4, 0.5) is 0 Å². The van der Waals surface area contributed by atoms with Gasteiger partial charge in [-0.1, -0.05) is 18.2 Å². The van der Waals surface area contributed by atoms with Crippen LogP contribution in [0.5, 0.6) is 0 Å². The molecule has 2 aromatic heterocycles. The van der Waals surface area contributed by atoms with E-state index in [4.69, 9.17) is 0 Å². The van der Waals surface area contributed by atoms with Gasteiger partial charge in [0.25, 0.3) is 5.56 Å². The molecule has 1 fully saturated rings. The second-order valence-electron chi connectivity index (χ2n) is 6.68. The first-order valence-electron chi connectivity index (χ1n) is 8.47. The molecule has 0 bridgehead atoms. The second kappa shape index (κ2) is 5.91. The van der Waals surface area contributed by atoms with E-state index in [0.717, 1.165) is 41.5 Å². The third kappa shape index (κ3) is 2.65. The summed E-state index contributed by atoms with van der Waals surface area (Å²) in [5.41, 5.74) is 4.12. The summed E-state index contributed by atoms with van der Waals surface area (Å²) in [4.78, 5) is 17.8. The lowest BCUT2D eigenvalue weighted by atomic mass is 10.1. The van der Waals surface area contributed by atoms with Gasteiger partial charge in [0.15, 0.2) is 0 Å². The Labute approximate surface area is 140 Å². The lowest BCUT2D eigenvalue weighted by Crippen LogP contribution is -2.27. The molecule has 1 unspecified atom stereocenters. The number of benzene rings is 1. The Morgan fingerprint density at radius 3 is 2.96 bits per heavy atom. The lowest BCUT2D eigenvalue weighted by Gasteiger charge is -2.24. The second-order valence-corrected chi connectivity index (χ2v) is 6.68. The molecular formula is C19H22N4O. The normalized spacial score (nSPS) is 18.5. The molecule has 0 amide bonds. The van der Waals surface area contributed by atoms with Crippen LogP contribution in [-0.4, -0.2) is 26.2 Å². The van der Waals surface area contributed by atoms with E-state index in [1.807, 2.05) is 42.1 Å². The van der Waals surface area contributed by atoms with Crippen LogP contribution in [0, 0.1) is 6.92 Å². The third-order valence-corrected chi connectivity index (χ3v) is 4.98. The maximum Gasteiger partial charge on any atom is 0.252 e. The maximum absolute atomic E-state index is 12.4. The Hall–Kier alpha value is -2.40. The fourth-order valence-electron chi connectivity index (χ4n) is 3.84. The van der Waals surface area contributed by atoms with E-state index in [-0.39, 0.29) is 5.56 Å². The molecule has 1 atom stereocenters. The molecular weight excluding hydrogens is 300 g/mol. The Kier molecular flexibility index (Phi) is 3.73. The summed E-state index contributed by atoms with van der Waals surface area (Å²) in [6, 6.07) is 10.3. The average molecular weight is 322 g/mol. The number of hydrogen-bond donors (Lipinski definition) is 1. The van der Waals surface area contributed by atoms with Gasteiger partial charge >= 0.3 is 0 Å². The van der Waals surface area contributed by atoms with Gasteiger partial charge in [-0.15, -0.1) is 0 Å². The van der Waals surface area contributed by atoms with Gasteiger partial charge in [-0.05, 0) is 43.8 Å². The molecule has 0 radical (unpaired) electrons. The molecule has 5 nitrogen and oxygen atoms in total. The van der Waals surface area contributed by atoms with Gasteiger partial charge in [0.05, 0.1) is 5.69 Å². The predicted octanol–water partition coefficient (Wildman–Crippen LogP) is 2.91. The number of aromatic amines is 1. The standard InChI is InChI=1S/C19H22N4O/c1-13-16(12-22(2)21-13)18-8-5-9-23(18)11-15-10-14-6-3-4-7-17(14)20-19(15)24/h3-4,6-7,10,12,18H,5,8-9,11H2,1-2H3,(H,20,24). The first-order valence-corrected chi connectivity index (χ1v) is 8.47. The van der Waals surface area contributed by atoms with E-state index < -0.39 is 0 Å². The lowest BCUT2D eigenvalue weighted by molar-refractivity contribution is 0.247. The van der Waals surface area contributed by atoms with Crippen LogP contribution in [-0.2, 0) is 13.6 Å². The summed E-state index contributed by atoms with van der Waals surface area (Å²) >= 11 is 0. The SMILES string of the molecule is Cc1nn(C)cc1C1CCCN1Cc1cc2ccccc2[nH]c1=O. The van der Waals surface area contributed by atoms with E-state index in [0.29, 0.717) is 12.6 Å². The van der Waals surface area contributed by atoms with Crippen LogP contribution in [0.1, 0.15) is 35.7 Å². The number of aryl methyl sites for hydroxylation is 2. The van der Waals surface area contributed by atoms with E-state index in [1.165, 1.54) is 5.56 Å². The van der Waals surface area contributed by atoms with E-state index in [9.17, 15) is 4.79 Å². The number of fused-ring (bicyclic) bond motifs is 1. The van der Waals surface area contributed by atoms with Gasteiger partial charge in [0, 0.05) is 42.5 Å². The molecule has 1 saturated heterocycles. The van der Waals surface area contributed by atoms with Crippen molar-refractivity contribution in [1.82, 2.24) is 19.7 Å². The van der Waals surface area contributed by atoms with E-state index >= 15 is 0 Å². The summed E-state index contributed by atoms with van der Waals surface area (Å²) in [5, 5.41) is 5.56. The van der Waals surface area contributed by atoms with Crippen LogP contribution in [0.3, 0.4) is 0 Å². The summed E-state index contributed by atoms with van der Waals surface area (Å²) in [5.74, 6) is 0. The van der Waals surface area contributed by atoms with Crippen LogP contribution in [0.15, 0.2) is 41.3 Å². The highest BCUT2D eigenvalue weighted by Gasteiger charge is 2.29. The van der Waals surface area contributed by atoms with E-state index in [1.54, 1.807) is 0 Å². The monoisotopic (exact) mass is 322 g/mol. The smallest absolute Gasteiger partial charge is 0.252 e. The van der Waals surface area contributed by atoms with Crippen molar-refractivity contribution in [2.45, 2.75) is 32.4 Å². The van der Waals surface area contributed by atoms with Crippen LogP contribution >= 0.6 is 0 Å². The molecule has 3 heterocycles. The average Bonchev–Trinajstić information content (AvgIpc) is 3.13. The number of aromatic nitrogens is 3. The van der Waals surface area contributed by atoms with Crippen molar-refractivity contribution in [2.24, 2.45) is 7.05 Å². The minimum Gasteiger partial charge on any atom is -0.322 e. The van der Waals surface area contributed by atoms with Crippen molar-refractivity contribution < 1.29 is 0 Å². The van der Waals surface area contributed by atoms with Gasteiger partial charge in [0.2, 0.25) is 0 Å². The largest absolute Gasteiger partial charge is 0.322 e. The number of para-hydroxylation sites is 1. The molecule has 4 rings (SSSR count). The highest BCUT2D eigenvalue weighted by Crippen LogP contribution is 2.34. The highest BCUT2D eigenvalue weighted by atomic mass is 16.1. The predicted molar refractivity (Wildman–Crippen MR) is 94.9 cm³/mol. The summed E-state index contributed by atoms with van der Waals surface area (Å²) < 4.78 is 1.88. The van der Waals surface area contributed by atoms with Crippen LogP contribution in [0.2, 0.25) is 0 Å². The molecule has 24 heavy (non-hydrogen) atoms. The molecule has 0 saturated carbocycles. The Balaban J connectivity index is 1.66. The summed E-state index contributed by atoms with van der Waals surface area (Å²) in [7, 11) is 1.96. The van der Waals surface area contributed by atoms with Crippen molar-refractivity contribution in [3.63, 3.8) is 0 Å². The van der Waals surface area contributed by atoms with Crippen LogP contribution in [0.25, 0.3) is 10.9 Å². The van der Waals surface area contributed by atoms with Gasteiger partial charge in [-0.2, -0.15) is 5.10 Å². The fourth-order valence-corrected chi connectivity index (χ4v) is 3.84. The Bertz CT molecular complexity index is 940. The van der Waals surface area contributed by atoms with Crippen molar-refractivity contribution in [3.05, 3.63) is 63.7 Å². The molecule has 1 aliphatic rings. The minimum atomic E-state index is 0.0160. The van der Waals surface area contributed by atoms with Gasteiger partial charge < -0.3 is 4.98 Å². The Morgan fingerprint density at radius 2 is 2.17 bits per heavy atom. The third-order valence-electron chi connectivity index (χ3n) is 4.98. The molecule has 1 aromatic carbocycles. The van der Waals surface area contributed by atoms with Crippen molar-refractivity contribution in [2.75, 3.05) is 6.54 Å². The molecule has 124 valence electrons. The first-order chi connectivity index (χ1) is 11.6. The summed E-state index contributed by atoms with van der Waals surface area (Å²) in [6.45, 7) is 3.76. The summed E-state index contributed by atoms with van der Waals surface area (Å²) in [6.07, 6.45) is 4.39. The van der Waals surface area contributed by atoms with Crippen molar-refractivity contribution in [3.8, 4) is 0 Å². The fraction of sp³-hybridized carbons (Fsp3) is 0.368. The quantitative estimate of drug-likeness (QED) is 0.807. The number of nitrogens with one attached hydrogen (secondary N) is 1. The molecule has 3 aromatic rings. The zero-order valence-electron chi connectivity index (χ0n) is 14.1. The zero-order valence-corrected chi connectivity index (χ0v) is 14.1. The number of hydrogen-bond acceptors (Lipinski definition) is 3. The molecule has 0 spiro atoms. The first kappa shape index (κ1) is 15.1. The molecule has 0 aliphatic carbocycles. The zero-order chi connectivity index (χ0) is 16.7. The van der Waals surface area contributed by atoms with Crippen molar-refractivity contribution in [1.29, 1.82) is 0 Å². The number of nitrogens with zero attached hydrogens (tertiary/aromatic N) is 3. The van der Waals surface area contributed by atoms with E-state index in [2.05, 4.69) is 28.1 Å². The van der Waals surface area contributed by atoms with Gasteiger partial charge in [0.1, 0.15) is 0 Å². The Morgan fingerprint density at radius 1 is 1.33 bits per heavy atom. The number of pyridine rings is 1. The number of likely N-dealkylation sites (tertiary alicyclic amines) is 1. The highest BCUT2D eigenvalue weighted by molar-refractivity contribution is 5.78. The number of rotatable bonds is 3. The van der Waals surface area contributed by atoms with Gasteiger partial charge in [-0.3, -0.25) is 14.4 Å².